The minimum absolute atomic E-state index is 0.0468. The lowest BCUT2D eigenvalue weighted by Gasteiger charge is -2.25. The highest BCUT2D eigenvalue weighted by Gasteiger charge is 2.54. The summed E-state index contributed by atoms with van der Waals surface area (Å²) < 4.78 is 61.2. The Morgan fingerprint density at radius 1 is 0.917 bits per heavy atom. The smallest absolute Gasteiger partial charge is 0.251 e. The van der Waals surface area contributed by atoms with E-state index < -0.39 is 31.4 Å². The average Bonchev–Trinajstić information content (AvgIpc) is 1.86. The Labute approximate surface area is 67.8 Å². The first-order chi connectivity index (χ1) is 5.37. The van der Waals surface area contributed by atoms with Gasteiger partial charge in [-0.25, -0.2) is 0 Å². The lowest BCUT2D eigenvalue weighted by atomic mass is 10.0. The zero-order chi connectivity index (χ0) is 9.83. The second-order valence-electron chi connectivity index (χ2n) is 2.60. The summed E-state index contributed by atoms with van der Waals surface area (Å²) in [5, 5.41) is 0. The molecule has 0 fully saturated rings. The van der Waals surface area contributed by atoms with Crippen molar-refractivity contribution in [2.45, 2.75) is 38.0 Å². The van der Waals surface area contributed by atoms with Gasteiger partial charge in [0.25, 0.3) is 0 Å². The maximum absolute atomic E-state index is 12.5. The standard InChI is InChI=1S/C7H11F5/c1-2-3-6(9,10)7(11,12)4-5-8/h2-5H2,1H3. The Kier molecular flexibility index (Phi) is 3.93. The van der Waals surface area contributed by atoms with E-state index >= 15 is 0 Å². The van der Waals surface area contributed by atoms with Crippen LogP contribution in [0.2, 0.25) is 0 Å². The summed E-state index contributed by atoms with van der Waals surface area (Å²) in [5.74, 6) is -8.29. The minimum Gasteiger partial charge on any atom is -0.251 e. The Morgan fingerprint density at radius 3 is 1.67 bits per heavy atom. The topological polar surface area (TPSA) is 0 Å². The van der Waals surface area contributed by atoms with Gasteiger partial charge in [0, 0.05) is 12.8 Å². The van der Waals surface area contributed by atoms with E-state index in [1.165, 1.54) is 6.92 Å². The van der Waals surface area contributed by atoms with Gasteiger partial charge in [-0.3, -0.25) is 4.39 Å². The van der Waals surface area contributed by atoms with Gasteiger partial charge in [-0.05, 0) is 0 Å². The van der Waals surface area contributed by atoms with Gasteiger partial charge >= 0.3 is 11.8 Å². The van der Waals surface area contributed by atoms with Crippen molar-refractivity contribution in [3.63, 3.8) is 0 Å². The van der Waals surface area contributed by atoms with Crippen molar-refractivity contribution in [3.05, 3.63) is 0 Å². The Balaban J connectivity index is 4.28. The largest absolute Gasteiger partial charge is 0.312 e. The van der Waals surface area contributed by atoms with E-state index in [1.807, 2.05) is 0 Å². The molecule has 0 aromatic heterocycles. The van der Waals surface area contributed by atoms with Crippen molar-refractivity contribution in [2.75, 3.05) is 6.67 Å². The molecule has 0 N–H and O–H groups in total. The van der Waals surface area contributed by atoms with Crippen LogP contribution in [0.3, 0.4) is 0 Å². The first-order valence-electron chi connectivity index (χ1n) is 3.69. The molecule has 74 valence electrons. The first-order valence-corrected chi connectivity index (χ1v) is 3.69. The number of hydrogen-bond donors (Lipinski definition) is 0. The molecular formula is C7H11F5. The van der Waals surface area contributed by atoms with Crippen LogP contribution < -0.4 is 0 Å². The van der Waals surface area contributed by atoms with Crippen molar-refractivity contribution < 1.29 is 22.0 Å². The summed E-state index contributed by atoms with van der Waals surface area (Å²) in [6.07, 6.45) is -2.35. The van der Waals surface area contributed by atoms with Gasteiger partial charge < -0.3 is 0 Å². The van der Waals surface area contributed by atoms with Crippen molar-refractivity contribution in [2.24, 2.45) is 0 Å². The predicted octanol–water partition coefficient (Wildman–Crippen LogP) is 3.42. The predicted molar refractivity (Wildman–Crippen MR) is 35.4 cm³/mol. The maximum Gasteiger partial charge on any atom is 0.312 e. The molecule has 0 atom stereocenters. The van der Waals surface area contributed by atoms with Gasteiger partial charge in [0.2, 0.25) is 0 Å². The van der Waals surface area contributed by atoms with Gasteiger partial charge in [0.05, 0.1) is 6.67 Å². The zero-order valence-corrected chi connectivity index (χ0v) is 6.72. The Morgan fingerprint density at radius 2 is 1.33 bits per heavy atom. The van der Waals surface area contributed by atoms with E-state index in [4.69, 9.17) is 0 Å². The molecule has 0 aliphatic rings. The van der Waals surface area contributed by atoms with Crippen molar-refractivity contribution >= 4 is 0 Å². The second kappa shape index (κ2) is 4.05. The van der Waals surface area contributed by atoms with Crippen LogP contribution in [0.5, 0.6) is 0 Å². The van der Waals surface area contributed by atoms with Gasteiger partial charge in [-0.15, -0.1) is 0 Å². The molecule has 0 saturated carbocycles. The molecular weight excluding hydrogens is 179 g/mol. The molecule has 12 heavy (non-hydrogen) atoms. The number of halogens is 5. The van der Waals surface area contributed by atoms with E-state index in [0.29, 0.717) is 0 Å². The average molecular weight is 190 g/mol. The number of alkyl halides is 5. The second-order valence-corrected chi connectivity index (χ2v) is 2.60. The lowest BCUT2D eigenvalue weighted by molar-refractivity contribution is -0.216. The SMILES string of the molecule is CCCC(F)(F)C(F)(F)CCF. The summed E-state index contributed by atoms with van der Waals surface area (Å²) in [5.41, 5.74) is 0. The Hall–Kier alpha value is -0.350. The van der Waals surface area contributed by atoms with Gasteiger partial charge in [-0.1, -0.05) is 13.3 Å². The van der Waals surface area contributed by atoms with Crippen molar-refractivity contribution in [1.29, 1.82) is 0 Å². The third-order valence-corrected chi connectivity index (χ3v) is 1.51. The van der Waals surface area contributed by atoms with Crippen LogP contribution in [0.15, 0.2) is 0 Å². The third-order valence-electron chi connectivity index (χ3n) is 1.51. The monoisotopic (exact) mass is 190 g/mol. The van der Waals surface area contributed by atoms with Gasteiger partial charge in [0.1, 0.15) is 0 Å². The number of hydrogen-bond acceptors (Lipinski definition) is 0. The van der Waals surface area contributed by atoms with E-state index in [2.05, 4.69) is 0 Å². The Bertz CT molecular complexity index is 116. The molecule has 0 saturated heterocycles. The summed E-state index contributed by atoms with van der Waals surface area (Å²) >= 11 is 0. The molecule has 0 aromatic carbocycles. The van der Waals surface area contributed by atoms with Gasteiger partial charge in [-0.2, -0.15) is 17.6 Å². The highest BCUT2D eigenvalue weighted by molar-refractivity contribution is 4.83. The molecule has 0 rings (SSSR count). The van der Waals surface area contributed by atoms with Crippen LogP contribution in [0.25, 0.3) is 0 Å². The molecule has 0 heterocycles. The van der Waals surface area contributed by atoms with E-state index in [9.17, 15) is 22.0 Å². The molecule has 0 radical (unpaired) electrons. The maximum atomic E-state index is 12.5. The molecule has 0 spiro atoms. The third kappa shape index (κ3) is 2.60. The molecule has 0 amide bonds. The van der Waals surface area contributed by atoms with Crippen LogP contribution >= 0.6 is 0 Å². The number of rotatable bonds is 5. The molecule has 0 aliphatic carbocycles. The van der Waals surface area contributed by atoms with E-state index in [-0.39, 0.29) is 6.42 Å². The van der Waals surface area contributed by atoms with Gasteiger partial charge in [0.15, 0.2) is 0 Å². The van der Waals surface area contributed by atoms with E-state index in [0.717, 1.165) is 0 Å². The molecule has 0 aliphatic heterocycles. The fraction of sp³-hybridized carbons (Fsp3) is 1.00. The van der Waals surface area contributed by atoms with Crippen LogP contribution in [-0.2, 0) is 0 Å². The molecule has 0 aromatic rings. The van der Waals surface area contributed by atoms with Crippen LogP contribution in [-0.4, -0.2) is 18.5 Å². The van der Waals surface area contributed by atoms with Crippen LogP contribution in [0, 0.1) is 0 Å². The molecule has 0 bridgehead atoms. The van der Waals surface area contributed by atoms with Crippen molar-refractivity contribution in [1.82, 2.24) is 0 Å². The molecule has 5 heteroatoms. The summed E-state index contributed by atoms with van der Waals surface area (Å²) in [4.78, 5) is 0. The van der Waals surface area contributed by atoms with Crippen LogP contribution in [0.4, 0.5) is 22.0 Å². The van der Waals surface area contributed by atoms with Crippen molar-refractivity contribution in [3.8, 4) is 0 Å². The molecule has 0 unspecified atom stereocenters. The highest BCUT2D eigenvalue weighted by Crippen LogP contribution is 2.40. The quantitative estimate of drug-likeness (QED) is 0.582. The normalized spacial score (nSPS) is 13.5. The summed E-state index contributed by atoms with van der Waals surface area (Å²) in [7, 11) is 0. The summed E-state index contributed by atoms with van der Waals surface area (Å²) in [6, 6.07) is 0. The molecule has 0 nitrogen and oxygen atoms in total. The minimum atomic E-state index is -4.21. The summed E-state index contributed by atoms with van der Waals surface area (Å²) in [6.45, 7) is -0.0499. The van der Waals surface area contributed by atoms with Crippen LogP contribution in [0.1, 0.15) is 26.2 Å². The fourth-order valence-corrected chi connectivity index (χ4v) is 0.798. The first kappa shape index (κ1) is 11.6. The van der Waals surface area contributed by atoms with E-state index in [1.54, 1.807) is 0 Å². The zero-order valence-electron chi connectivity index (χ0n) is 6.72. The fourth-order valence-electron chi connectivity index (χ4n) is 0.798. The lowest BCUT2D eigenvalue weighted by Crippen LogP contribution is -2.40. The highest BCUT2D eigenvalue weighted by atomic mass is 19.3.